The first kappa shape index (κ1) is 7.95. The van der Waals surface area contributed by atoms with E-state index in [2.05, 4.69) is 10.2 Å². The van der Waals surface area contributed by atoms with E-state index in [0.717, 1.165) is 11.3 Å². The summed E-state index contributed by atoms with van der Waals surface area (Å²) in [6.07, 6.45) is 0. The topological polar surface area (TPSA) is 35.0 Å². The number of rotatable bonds is 0. The van der Waals surface area contributed by atoms with E-state index in [1.165, 1.54) is 0 Å². The van der Waals surface area contributed by atoms with Crippen LogP contribution in [0.5, 0.6) is 0 Å². The average molecular weight is 185 g/mol. The van der Waals surface area contributed by atoms with E-state index in [-0.39, 0.29) is 5.60 Å². The van der Waals surface area contributed by atoms with Crippen molar-refractivity contribution in [1.29, 1.82) is 0 Å². The molecule has 0 saturated carbocycles. The van der Waals surface area contributed by atoms with Gasteiger partial charge in [-0.25, -0.2) is 0 Å². The Morgan fingerprint density at radius 1 is 1.50 bits per heavy atom. The molecule has 3 nitrogen and oxygen atoms in total. The summed E-state index contributed by atoms with van der Waals surface area (Å²) in [5.74, 6) is 0. The Hall–Kier alpha value is -0.670. The van der Waals surface area contributed by atoms with Gasteiger partial charge in [0.15, 0.2) is 5.15 Å². The van der Waals surface area contributed by atoms with Crippen LogP contribution in [0.2, 0.25) is 5.15 Å². The molecule has 0 spiro atoms. The predicted molar refractivity (Wildman–Crippen MR) is 44.9 cm³/mol. The third-order valence-electron chi connectivity index (χ3n) is 2.00. The quantitative estimate of drug-likeness (QED) is 0.618. The first-order chi connectivity index (χ1) is 5.59. The molecule has 2 heterocycles. The van der Waals surface area contributed by atoms with Crippen molar-refractivity contribution >= 4 is 11.6 Å². The second-order valence-electron chi connectivity index (χ2n) is 3.34. The molecule has 1 aliphatic rings. The summed E-state index contributed by atoms with van der Waals surface area (Å²) >= 11 is 5.69. The normalized spacial score (nSPS) is 19.2. The van der Waals surface area contributed by atoms with Crippen LogP contribution in [0.1, 0.15) is 25.1 Å². The van der Waals surface area contributed by atoms with Crippen LogP contribution in [0.3, 0.4) is 0 Å². The molecule has 1 aromatic heterocycles. The summed E-state index contributed by atoms with van der Waals surface area (Å²) in [5, 5.41) is 8.21. The molecule has 0 unspecified atom stereocenters. The van der Waals surface area contributed by atoms with Gasteiger partial charge in [-0.15, -0.1) is 5.10 Å². The number of halogens is 1. The Morgan fingerprint density at radius 2 is 2.25 bits per heavy atom. The molecule has 0 fully saturated rings. The van der Waals surface area contributed by atoms with Crippen LogP contribution in [0.15, 0.2) is 6.07 Å². The van der Waals surface area contributed by atoms with Gasteiger partial charge in [0.25, 0.3) is 0 Å². The summed E-state index contributed by atoms with van der Waals surface area (Å²) in [6.45, 7) is 4.53. The number of hydrogen-bond acceptors (Lipinski definition) is 3. The molecule has 64 valence electrons. The summed E-state index contributed by atoms with van der Waals surface area (Å²) in [4.78, 5) is 0. The average Bonchev–Trinajstić information content (AvgIpc) is 2.27. The molecule has 0 amide bonds. The van der Waals surface area contributed by atoms with Gasteiger partial charge in [-0.1, -0.05) is 11.6 Å². The van der Waals surface area contributed by atoms with Crippen LogP contribution in [0.25, 0.3) is 0 Å². The van der Waals surface area contributed by atoms with Crippen LogP contribution >= 0.6 is 11.6 Å². The minimum atomic E-state index is -0.313. The van der Waals surface area contributed by atoms with Crippen LogP contribution in [-0.4, -0.2) is 10.2 Å². The Labute approximate surface area is 75.7 Å². The second-order valence-corrected chi connectivity index (χ2v) is 3.73. The highest BCUT2D eigenvalue weighted by Gasteiger charge is 2.33. The summed E-state index contributed by atoms with van der Waals surface area (Å²) in [7, 11) is 0. The second kappa shape index (κ2) is 2.41. The molecular weight excluding hydrogens is 176 g/mol. The van der Waals surface area contributed by atoms with Gasteiger partial charge >= 0.3 is 0 Å². The standard InChI is InChI=1S/C8H9ClN2O/c1-8(2)7-5(4-12-8)3-6(9)10-11-7/h3H,4H2,1-2H3. The van der Waals surface area contributed by atoms with Gasteiger partial charge < -0.3 is 4.74 Å². The van der Waals surface area contributed by atoms with Crippen molar-refractivity contribution in [2.45, 2.75) is 26.1 Å². The number of nitrogens with zero attached hydrogens (tertiary/aromatic N) is 2. The zero-order valence-corrected chi connectivity index (χ0v) is 7.72. The number of aromatic nitrogens is 2. The first-order valence-corrected chi connectivity index (χ1v) is 4.14. The van der Waals surface area contributed by atoms with Crippen LogP contribution in [0.4, 0.5) is 0 Å². The molecule has 0 atom stereocenters. The monoisotopic (exact) mass is 184 g/mol. The lowest BCUT2D eigenvalue weighted by Gasteiger charge is -2.15. The van der Waals surface area contributed by atoms with Crippen molar-refractivity contribution in [3.63, 3.8) is 0 Å². The first-order valence-electron chi connectivity index (χ1n) is 3.76. The summed E-state index contributed by atoms with van der Waals surface area (Å²) in [6, 6.07) is 1.80. The number of hydrogen-bond donors (Lipinski definition) is 0. The molecule has 0 aliphatic carbocycles. The molecule has 12 heavy (non-hydrogen) atoms. The van der Waals surface area contributed by atoms with Crippen molar-refractivity contribution in [3.05, 3.63) is 22.5 Å². The van der Waals surface area contributed by atoms with Gasteiger partial charge in [0.05, 0.1) is 12.3 Å². The van der Waals surface area contributed by atoms with E-state index in [1.54, 1.807) is 6.07 Å². The van der Waals surface area contributed by atoms with E-state index in [0.29, 0.717) is 11.8 Å². The van der Waals surface area contributed by atoms with Crippen molar-refractivity contribution in [3.8, 4) is 0 Å². The van der Waals surface area contributed by atoms with Gasteiger partial charge in [-0.3, -0.25) is 0 Å². The van der Waals surface area contributed by atoms with E-state index < -0.39 is 0 Å². The SMILES string of the molecule is CC1(C)OCc2cc(Cl)nnc21. The third-order valence-corrected chi connectivity index (χ3v) is 2.19. The van der Waals surface area contributed by atoms with Crippen molar-refractivity contribution in [1.82, 2.24) is 10.2 Å². The molecule has 4 heteroatoms. The molecule has 0 aromatic carbocycles. The van der Waals surface area contributed by atoms with Gasteiger partial charge in [0.2, 0.25) is 0 Å². The lowest BCUT2D eigenvalue weighted by molar-refractivity contribution is -0.0104. The van der Waals surface area contributed by atoms with Crippen LogP contribution < -0.4 is 0 Å². The zero-order valence-electron chi connectivity index (χ0n) is 6.97. The third kappa shape index (κ3) is 1.09. The molecule has 1 aliphatic heterocycles. The molecule has 0 bridgehead atoms. The van der Waals surface area contributed by atoms with Gasteiger partial charge in [0.1, 0.15) is 5.60 Å². The highest BCUT2D eigenvalue weighted by atomic mass is 35.5. The largest absolute Gasteiger partial charge is 0.364 e. The predicted octanol–water partition coefficient (Wildman–Crippen LogP) is 1.90. The van der Waals surface area contributed by atoms with Crippen molar-refractivity contribution in [2.24, 2.45) is 0 Å². The zero-order chi connectivity index (χ0) is 8.77. The van der Waals surface area contributed by atoms with E-state index in [9.17, 15) is 0 Å². The van der Waals surface area contributed by atoms with E-state index in [1.807, 2.05) is 13.8 Å². The van der Waals surface area contributed by atoms with Crippen LogP contribution in [-0.2, 0) is 16.9 Å². The lowest BCUT2D eigenvalue weighted by Crippen LogP contribution is -2.16. The smallest absolute Gasteiger partial charge is 0.152 e. The molecular formula is C8H9ClN2O. The molecule has 0 N–H and O–H groups in total. The molecule has 1 aromatic rings. The van der Waals surface area contributed by atoms with Crippen molar-refractivity contribution in [2.75, 3.05) is 0 Å². The molecule has 2 rings (SSSR count). The highest BCUT2D eigenvalue weighted by molar-refractivity contribution is 6.29. The Kier molecular flexibility index (Phi) is 1.59. The highest BCUT2D eigenvalue weighted by Crippen LogP contribution is 2.34. The van der Waals surface area contributed by atoms with Gasteiger partial charge in [-0.2, -0.15) is 5.10 Å². The lowest BCUT2D eigenvalue weighted by atomic mass is 10.0. The number of ether oxygens (including phenoxy) is 1. The molecule has 0 radical (unpaired) electrons. The maximum absolute atomic E-state index is 5.69. The van der Waals surface area contributed by atoms with E-state index in [4.69, 9.17) is 16.3 Å². The Morgan fingerprint density at radius 3 is 3.00 bits per heavy atom. The minimum absolute atomic E-state index is 0.313. The maximum Gasteiger partial charge on any atom is 0.152 e. The minimum Gasteiger partial charge on any atom is -0.364 e. The molecule has 0 saturated heterocycles. The van der Waals surface area contributed by atoms with Gasteiger partial charge in [0, 0.05) is 5.56 Å². The van der Waals surface area contributed by atoms with E-state index >= 15 is 0 Å². The number of fused-ring (bicyclic) bond motifs is 1. The summed E-state index contributed by atoms with van der Waals surface area (Å²) in [5.41, 5.74) is 1.62. The van der Waals surface area contributed by atoms with Crippen molar-refractivity contribution < 1.29 is 4.74 Å². The Balaban J connectivity index is 2.55. The Bertz CT molecular complexity index is 325. The maximum atomic E-state index is 5.69. The van der Waals surface area contributed by atoms with Crippen LogP contribution in [0, 0.1) is 0 Å². The van der Waals surface area contributed by atoms with Gasteiger partial charge in [-0.05, 0) is 19.9 Å². The fraction of sp³-hybridized carbons (Fsp3) is 0.500. The summed E-state index contributed by atoms with van der Waals surface area (Å²) < 4.78 is 5.50. The fourth-order valence-corrected chi connectivity index (χ4v) is 1.52. The fourth-order valence-electron chi connectivity index (χ4n) is 1.35.